The van der Waals surface area contributed by atoms with Crippen molar-refractivity contribution >= 4 is 11.9 Å². The van der Waals surface area contributed by atoms with E-state index in [9.17, 15) is 9.59 Å². The molecule has 5 heteroatoms. The topological polar surface area (TPSA) is 58.6 Å². The number of carbonyl (C=O) groups is 2. The molecule has 1 spiro atoms. The Balaban J connectivity index is 1.49. The fourth-order valence-electron chi connectivity index (χ4n) is 4.21. The Bertz CT molecular complexity index is 706. The summed E-state index contributed by atoms with van der Waals surface area (Å²) in [5.74, 6) is -0.462. The van der Waals surface area contributed by atoms with Crippen LogP contribution in [0.1, 0.15) is 51.0 Å². The molecule has 0 bridgehead atoms. The molecule has 27 heavy (non-hydrogen) atoms. The molecular formula is C22H30N2O3. The highest BCUT2D eigenvalue weighted by Crippen LogP contribution is 2.43. The molecule has 3 rings (SSSR count). The van der Waals surface area contributed by atoms with Crippen molar-refractivity contribution in [3.05, 3.63) is 47.0 Å². The predicted molar refractivity (Wildman–Crippen MR) is 105 cm³/mol. The van der Waals surface area contributed by atoms with Gasteiger partial charge in [-0.2, -0.15) is 0 Å². The number of nitrogens with zero attached hydrogens (tertiary/aromatic N) is 1. The maximum Gasteiger partial charge on any atom is 0.335 e. The van der Waals surface area contributed by atoms with E-state index in [2.05, 4.69) is 29.4 Å². The van der Waals surface area contributed by atoms with E-state index < -0.39 is 5.60 Å². The Morgan fingerprint density at radius 2 is 1.89 bits per heavy atom. The Morgan fingerprint density at radius 3 is 2.59 bits per heavy atom. The van der Waals surface area contributed by atoms with E-state index in [1.165, 1.54) is 5.56 Å². The summed E-state index contributed by atoms with van der Waals surface area (Å²) in [4.78, 5) is 27.1. The fraction of sp³-hybridized carbons (Fsp3) is 0.545. The summed E-state index contributed by atoms with van der Waals surface area (Å²) in [6.07, 6.45) is 5.53. The number of ether oxygens (including phenoxy) is 1. The molecule has 1 fully saturated rings. The van der Waals surface area contributed by atoms with Gasteiger partial charge in [-0.3, -0.25) is 4.79 Å². The van der Waals surface area contributed by atoms with E-state index >= 15 is 0 Å². The molecule has 1 amide bonds. The normalized spacial score (nSPS) is 18.9. The van der Waals surface area contributed by atoms with E-state index in [-0.39, 0.29) is 11.9 Å². The minimum Gasteiger partial charge on any atom is -0.451 e. The van der Waals surface area contributed by atoms with Crippen LogP contribution in [-0.4, -0.2) is 42.5 Å². The number of amides is 1. The van der Waals surface area contributed by atoms with E-state index in [0.29, 0.717) is 17.7 Å². The minimum absolute atomic E-state index is 0.133. The third-order valence-corrected chi connectivity index (χ3v) is 5.61. The predicted octanol–water partition coefficient (Wildman–Crippen LogP) is 3.20. The van der Waals surface area contributed by atoms with E-state index in [1.807, 2.05) is 18.2 Å². The van der Waals surface area contributed by atoms with Crippen LogP contribution in [0.3, 0.4) is 0 Å². The van der Waals surface area contributed by atoms with E-state index in [0.717, 1.165) is 51.6 Å². The number of rotatable bonds is 7. The molecule has 0 saturated heterocycles. The summed E-state index contributed by atoms with van der Waals surface area (Å²) >= 11 is 0. The van der Waals surface area contributed by atoms with Gasteiger partial charge >= 0.3 is 5.97 Å². The Hall–Kier alpha value is -2.14. The standard InChI is InChI=1S/C22H30N2O3/c1-17-19(22(27-21(17)26)12-7-4-8-13-22)20(25)23-14-9-15-24(2)16-18-10-5-3-6-11-18/h3,5-6,10-11H,4,7-9,12-16H2,1-2H3,(H,23,25). The molecule has 1 aromatic rings. The molecule has 5 nitrogen and oxygen atoms in total. The number of nitrogens with one attached hydrogen (secondary N) is 1. The highest BCUT2D eigenvalue weighted by Gasteiger charge is 2.49. The van der Waals surface area contributed by atoms with Gasteiger partial charge in [0.15, 0.2) is 0 Å². The molecule has 1 saturated carbocycles. The third kappa shape index (κ3) is 4.59. The summed E-state index contributed by atoms with van der Waals surface area (Å²) in [5.41, 5.74) is 1.67. The zero-order valence-corrected chi connectivity index (χ0v) is 16.4. The maximum atomic E-state index is 12.8. The second kappa shape index (κ2) is 8.70. The van der Waals surface area contributed by atoms with Crippen molar-refractivity contribution in [2.24, 2.45) is 0 Å². The van der Waals surface area contributed by atoms with Crippen molar-refractivity contribution in [3.63, 3.8) is 0 Å². The minimum atomic E-state index is -0.673. The van der Waals surface area contributed by atoms with Gasteiger partial charge in [-0.1, -0.05) is 36.8 Å². The summed E-state index contributed by atoms with van der Waals surface area (Å²) in [5, 5.41) is 3.01. The largest absolute Gasteiger partial charge is 0.451 e. The third-order valence-electron chi connectivity index (χ3n) is 5.61. The van der Waals surface area contributed by atoms with Gasteiger partial charge in [0.1, 0.15) is 5.60 Å². The van der Waals surface area contributed by atoms with Crippen molar-refractivity contribution < 1.29 is 14.3 Å². The highest BCUT2D eigenvalue weighted by atomic mass is 16.6. The lowest BCUT2D eigenvalue weighted by molar-refractivity contribution is -0.149. The van der Waals surface area contributed by atoms with Crippen LogP contribution < -0.4 is 5.32 Å². The maximum absolute atomic E-state index is 12.8. The molecule has 0 radical (unpaired) electrons. The molecule has 1 aliphatic heterocycles. The van der Waals surface area contributed by atoms with Gasteiger partial charge in [0, 0.05) is 18.7 Å². The summed E-state index contributed by atoms with van der Waals surface area (Å²) in [7, 11) is 2.09. The van der Waals surface area contributed by atoms with Crippen LogP contribution in [0, 0.1) is 0 Å². The number of esters is 1. The number of carbonyl (C=O) groups excluding carboxylic acids is 2. The Labute approximate surface area is 161 Å². The average Bonchev–Trinajstić information content (AvgIpc) is 2.89. The molecule has 1 aromatic carbocycles. The van der Waals surface area contributed by atoms with Gasteiger partial charge in [-0.05, 0) is 58.2 Å². The summed E-state index contributed by atoms with van der Waals surface area (Å²) in [6, 6.07) is 10.4. The molecular weight excluding hydrogens is 340 g/mol. The monoisotopic (exact) mass is 370 g/mol. The molecule has 1 aliphatic carbocycles. The lowest BCUT2D eigenvalue weighted by Crippen LogP contribution is -2.41. The van der Waals surface area contributed by atoms with Crippen LogP contribution in [0.25, 0.3) is 0 Å². The molecule has 0 aromatic heterocycles. The second-order valence-corrected chi connectivity index (χ2v) is 7.78. The Morgan fingerprint density at radius 1 is 1.19 bits per heavy atom. The summed E-state index contributed by atoms with van der Waals surface area (Å²) < 4.78 is 5.66. The van der Waals surface area contributed by atoms with Gasteiger partial charge in [0.2, 0.25) is 0 Å². The Kier molecular flexibility index (Phi) is 6.32. The molecule has 0 atom stereocenters. The first-order valence-corrected chi connectivity index (χ1v) is 9.97. The van der Waals surface area contributed by atoms with Crippen molar-refractivity contribution in [2.75, 3.05) is 20.1 Å². The first kappa shape index (κ1) is 19.6. The summed E-state index contributed by atoms with van der Waals surface area (Å²) in [6.45, 7) is 4.10. The van der Waals surface area contributed by atoms with Gasteiger partial charge in [0.05, 0.1) is 5.57 Å². The molecule has 1 N–H and O–H groups in total. The lowest BCUT2D eigenvalue weighted by Gasteiger charge is -2.34. The van der Waals surface area contributed by atoms with Crippen LogP contribution in [-0.2, 0) is 20.9 Å². The van der Waals surface area contributed by atoms with Crippen molar-refractivity contribution in [3.8, 4) is 0 Å². The highest BCUT2D eigenvalue weighted by molar-refractivity contribution is 6.07. The molecule has 2 aliphatic rings. The van der Waals surface area contributed by atoms with Crippen LogP contribution in [0.5, 0.6) is 0 Å². The lowest BCUT2D eigenvalue weighted by atomic mass is 9.78. The van der Waals surface area contributed by atoms with E-state index in [1.54, 1.807) is 6.92 Å². The van der Waals surface area contributed by atoms with Crippen molar-refractivity contribution in [1.82, 2.24) is 10.2 Å². The first-order chi connectivity index (χ1) is 13.0. The van der Waals surface area contributed by atoms with Gasteiger partial charge in [-0.25, -0.2) is 4.79 Å². The molecule has 146 valence electrons. The second-order valence-electron chi connectivity index (χ2n) is 7.78. The van der Waals surface area contributed by atoms with Gasteiger partial charge < -0.3 is 15.0 Å². The quantitative estimate of drug-likeness (QED) is 0.591. The fourth-order valence-corrected chi connectivity index (χ4v) is 4.21. The average molecular weight is 370 g/mol. The first-order valence-electron chi connectivity index (χ1n) is 9.97. The van der Waals surface area contributed by atoms with Crippen LogP contribution in [0.15, 0.2) is 41.5 Å². The van der Waals surface area contributed by atoms with Crippen molar-refractivity contribution in [2.45, 2.75) is 57.6 Å². The van der Waals surface area contributed by atoms with Crippen LogP contribution >= 0.6 is 0 Å². The van der Waals surface area contributed by atoms with Gasteiger partial charge in [-0.15, -0.1) is 0 Å². The number of benzene rings is 1. The van der Waals surface area contributed by atoms with Crippen molar-refractivity contribution in [1.29, 1.82) is 0 Å². The molecule has 0 unspecified atom stereocenters. The smallest absolute Gasteiger partial charge is 0.335 e. The molecule has 1 heterocycles. The zero-order chi connectivity index (χ0) is 19.3. The van der Waals surface area contributed by atoms with Crippen LogP contribution in [0.2, 0.25) is 0 Å². The van der Waals surface area contributed by atoms with E-state index in [4.69, 9.17) is 4.74 Å². The number of hydrogen-bond acceptors (Lipinski definition) is 4. The number of hydrogen-bond donors (Lipinski definition) is 1. The van der Waals surface area contributed by atoms with Gasteiger partial charge in [0.25, 0.3) is 5.91 Å². The SMILES string of the molecule is CC1=C(C(=O)NCCCN(C)Cc2ccccc2)C2(CCCCC2)OC1=O. The zero-order valence-electron chi connectivity index (χ0n) is 16.4. The van der Waals surface area contributed by atoms with Crippen LogP contribution in [0.4, 0.5) is 0 Å².